The number of nitrogens with zero attached hydrogens (tertiary/aromatic N) is 3. The molecule has 0 aliphatic heterocycles. The Labute approximate surface area is 145 Å². The van der Waals surface area contributed by atoms with Crippen molar-refractivity contribution in [1.29, 1.82) is 0 Å². The van der Waals surface area contributed by atoms with Gasteiger partial charge in [0, 0.05) is 11.7 Å². The standard InChI is InChI=1S/C19H29N5/c1-6-8-12-16(7-2)22-18-20-15(5)21-19(24-18)23-17-13(3)10-9-11-14(17)4/h9-11,16H,6-8,12H2,1-5H3,(H2,20,21,22,23,24)/t16-/m0/s1. The Morgan fingerprint density at radius 2 is 1.62 bits per heavy atom. The molecule has 0 aliphatic carbocycles. The maximum absolute atomic E-state index is 4.56. The third kappa shape index (κ3) is 4.91. The van der Waals surface area contributed by atoms with Gasteiger partial charge in [-0.05, 0) is 44.7 Å². The number of hydrogen-bond acceptors (Lipinski definition) is 5. The van der Waals surface area contributed by atoms with E-state index in [2.05, 4.69) is 71.5 Å². The summed E-state index contributed by atoms with van der Waals surface area (Å²) in [6.07, 6.45) is 4.61. The summed E-state index contributed by atoms with van der Waals surface area (Å²) in [5.41, 5.74) is 3.42. The van der Waals surface area contributed by atoms with E-state index < -0.39 is 0 Å². The van der Waals surface area contributed by atoms with Crippen LogP contribution in [0.5, 0.6) is 0 Å². The number of hydrogen-bond donors (Lipinski definition) is 2. The van der Waals surface area contributed by atoms with Crippen molar-refractivity contribution in [1.82, 2.24) is 15.0 Å². The van der Waals surface area contributed by atoms with E-state index in [0.29, 0.717) is 23.8 Å². The van der Waals surface area contributed by atoms with Crippen LogP contribution in [-0.4, -0.2) is 21.0 Å². The van der Waals surface area contributed by atoms with Crippen molar-refractivity contribution >= 4 is 17.6 Å². The zero-order valence-electron chi connectivity index (χ0n) is 15.5. The molecule has 0 amide bonds. The van der Waals surface area contributed by atoms with Crippen LogP contribution in [0.4, 0.5) is 17.6 Å². The first-order chi connectivity index (χ1) is 11.5. The summed E-state index contributed by atoms with van der Waals surface area (Å²) in [6.45, 7) is 10.5. The molecule has 24 heavy (non-hydrogen) atoms. The molecule has 0 saturated carbocycles. The van der Waals surface area contributed by atoms with Crippen molar-refractivity contribution in [3.8, 4) is 0 Å². The van der Waals surface area contributed by atoms with E-state index in [0.717, 1.165) is 18.5 Å². The molecule has 1 atom stereocenters. The lowest BCUT2D eigenvalue weighted by molar-refractivity contribution is 0.589. The Morgan fingerprint density at radius 3 is 2.25 bits per heavy atom. The smallest absolute Gasteiger partial charge is 0.232 e. The van der Waals surface area contributed by atoms with Gasteiger partial charge in [-0.25, -0.2) is 0 Å². The molecule has 2 aromatic rings. The Kier molecular flexibility index (Phi) is 6.53. The fraction of sp³-hybridized carbons (Fsp3) is 0.526. The molecule has 0 unspecified atom stereocenters. The van der Waals surface area contributed by atoms with Crippen molar-refractivity contribution in [2.75, 3.05) is 10.6 Å². The molecule has 1 aromatic carbocycles. The van der Waals surface area contributed by atoms with Gasteiger partial charge in [0.2, 0.25) is 11.9 Å². The molecule has 2 rings (SSSR count). The van der Waals surface area contributed by atoms with Crippen molar-refractivity contribution in [2.24, 2.45) is 0 Å². The largest absolute Gasteiger partial charge is 0.351 e. The highest BCUT2D eigenvalue weighted by Crippen LogP contribution is 2.23. The van der Waals surface area contributed by atoms with Gasteiger partial charge in [0.15, 0.2) is 0 Å². The van der Waals surface area contributed by atoms with Crippen LogP contribution >= 0.6 is 0 Å². The summed E-state index contributed by atoms with van der Waals surface area (Å²) in [4.78, 5) is 13.4. The summed E-state index contributed by atoms with van der Waals surface area (Å²) in [5.74, 6) is 1.96. The number of aryl methyl sites for hydroxylation is 3. The first-order valence-corrected chi connectivity index (χ1v) is 8.86. The number of unbranched alkanes of at least 4 members (excludes halogenated alkanes) is 1. The van der Waals surface area contributed by atoms with Crippen LogP contribution in [-0.2, 0) is 0 Å². The van der Waals surface area contributed by atoms with E-state index in [4.69, 9.17) is 0 Å². The van der Waals surface area contributed by atoms with Gasteiger partial charge in [-0.2, -0.15) is 15.0 Å². The second-order valence-electron chi connectivity index (χ2n) is 6.31. The summed E-state index contributed by atoms with van der Waals surface area (Å²) in [7, 11) is 0. The molecule has 0 spiro atoms. The minimum absolute atomic E-state index is 0.403. The maximum Gasteiger partial charge on any atom is 0.232 e. The second-order valence-corrected chi connectivity index (χ2v) is 6.31. The number of para-hydroxylation sites is 1. The molecule has 2 N–H and O–H groups in total. The van der Waals surface area contributed by atoms with E-state index in [1.807, 2.05) is 6.92 Å². The lowest BCUT2D eigenvalue weighted by atomic mass is 10.1. The summed E-state index contributed by atoms with van der Waals surface area (Å²) >= 11 is 0. The molecule has 0 bridgehead atoms. The van der Waals surface area contributed by atoms with Crippen molar-refractivity contribution in [3.05, 3.63) is 35.2 Å². The second kappa shape index (κ2) is 8.62. The normalized spacial score (nSPS) is 12.0. The zero-order valence-corrected chi connectivity index (χ0v) is 15.5. The average molecular weight is 327 g/mol. The fourth-order valence-electron chi connectivity index (χ4n) is 2.74. The van der Waals surface area contributed by atoms with Crippen LogP contribution in [0.25, 0.3) is 0 Å². The van der Waals surface area contributed by atoms with Crippen LogP contribution in [0.1, 0.15) is 56.5 Å². The fourth-order valence-corrected chi connectivity index (χ4v) is 2.74. The first kappa shape index (κ1) is 18.2. The minimum Gasteiger partial charge on any atom is -0.351 e. The molecule has 1 heterocycles. The van der Waals surface area contributed by atoms with Gasteiger partial charge in [0.1, 0.15) is 5.82 Å². The monoisotopic (exact) mass is 327 g/mol. The van der Waals surface area contributed by atoms with Crippen molar-refractivity contribution < 1.29 is 0 Å². The summed E-state index contributed by atoms with van der Waals surface area (Å²) < 4.78 is 0. The van der Waals surface area contributed by atoms with E-state index in [1.165, 1.54) is 24.0 Å². The molecule has 0 fully saturated rings. The highest BCUT2D eigenvalue weighted by molar-refractivity contribution is 5.63. The van der Waals surface area contributed by atoms with Crippen LogP contribution in [0.15, 0.2) is 18.2 Å². The lowest BCUT2D eigenvalue weighted by Gasteiger charge is -2.17. The van der Waals surface area contributed by atoms with Gasteiger partial charge >= 0.3 is 0 Å². The molecule has 5 heteroatoms. The molecule has 1 aromatic heterocycles. The van der Waals surface area contributed by atoms with Crippen molar-refractivity contribution in [3.63, 3.8) is 0 Å². The highest BCUT2D eigenvalue weighted by atomic mass is 15.2. The van der Waals surface area contributed by atoms with Crippen LogP contribution in [0, 0.1) is 20.8 Å². The lowest BCUT2D eigenvalue weighted by Crippen LogP contribution is -2.21. The molecule has 0 radical (unpaired) electrons. The number of aromatic nitrogens is 3. The maximum atomic E-state index is 4.56. The van der Waals surface area contributed by atoms with E-state index in [1.54, 1.807) is 0 Å². The number of rotatable bonds is 8. The predicted molar refractivity (Wildman–Crippen MR) is 101 cm³/mol. The Bertz CT molecular complexity index is 649. The summed E-state index contributed by atoms with van der Waals surface area (Å²) in [6, 6.07) is 6.63. The third-order valence-electron chi connectivity index (χ3n) is 4.20. The first-order valence-electron chi connectivity index (χ1n) is 8.86. The Morgan fingerprint density at radius 1 is 0.958 bits per heavy atom. The van der Waals surface area contributed by atoms with Gasteiger partial charge < -0.3 is 10.6 Å². The molecule has 130 valence electrons. The highest BCUT2D eigenvalue weighted by Gasteiger charge is 2.11. The minimum atomic E-state index is 0.403. The van der Waals surface area contributed by atoms with Crippen LogP contribution < -0.4 is 10.6 Å². The number of anilines is 3. The average Bonchev–Trinajstić information content (AvgIpc) is 2.54. The molecule has 5 nitrogen and oxygen atoms in total. The summed E-state index contributed by atoms with van der Waals surface area (Å²) in [5, 5.41) is 6.81. The Hall–Kier alpha value is -2.17. The Balaban J connectivity index is 2.19. The predicted octanol–water partition coefficient (Wildman–Crippen LogP) is 4.92. The zero-order chi connectivity index (χ0) is 17.5. The van der Waals surface area contributed by atoms with Gasteiger partial charge in [-0.15, -0.1) is 0 Å². The molecular formula is C19H29N5. The quantitative estimate of drug-likeness (QED) is 0.720. The van der Waals surface area contributed by atoms with Crippen molar-refractivity contribution in [2.45, 2.75) is 66.3 Å². The number of benzene rings is 1. The van der Waals surface area contributed by atoms with Gasteiger partial charge in [0.05, 0.1) is 0 Å². The van der Waals surface area contributed by atoms with Crippen LogP contribution in [0.3, 0.4) is 0 Å². The SMILES string of the molecule is CCCC[C@H](CC)Nc1nc(C)nc(Nc2c(C)cccc2C)n1. The van der Waals surface area contributed by atoms with Gasteiger partial charge in [-0.1, -0.05) is 44.9 Å². The van der Waals surface area contributed by atoms with E-state index in [9.17, 15) is 0 Å². The van der Waals surface area contributed by atoms with Gasteiger partial charge in [-0.3, -0.25) is 0 Å². The van der Waals surface area contributed by atoms with E-state index in [-0.39, 0.29) is 0 Å². The van der Waals surface area contributed by atoms with Gasteiger partial charge in [0.25, 0.3) is 0 Å². The molecule has 0 aliphatic rings. The topological polar surface area (TPSA) is 62.7 Å². The number of nitrogens with one attached hydrogen (secondary N) is 2. The molecular weight excluding hydrogens is 298 g/mol. The third-order valence-corrected chi connectivity index (χ3v) is 4.20. The molecule has 0 saturated heterocycles. The van der Waals surface area contributed by atoms with E-state index >= 15 is 0 Å². The van der Waals surface area contributed by atoms with Crippen LogP contribution in [0.2, 0.25) is 0 Å².